The molecule has 0 bridgehead atoms. The van der Waals surface area contributed by atoms with E-state index in [1.165, 1.54) is 0 Å². The average molecular weight is 282 g/mol. The first kappa shape index (κ1) is 14.2. The Balaban J connectivity index is 2.35. The molecule has 2 atom stereocenters. The number of halogens is 1. The summed E-state index contributed by atoms with van der Waals surface area (Å²) in [5.41, 5.74) is 3.73. The van der Waals surface area contributed by atoms with E-state index in [0.717, 1.165) is 19.3 Å². The standard InChI is InChI=1S/C14H20ClN3O/c1-3-11-6-4-9(2)18(11)14(19)12-8-10(15)5-7-13(12)17-16/h5,7-9,11,17H,3-4,6,16H2,1-2H3. The number of anilines is 1. The van der Waals surface area contributed by atoms with Crippen molar-refractivity contribution in [1.82, 2.24) is 4.90 Å². The van der Waals surface area contributed by atoms with Crippen LogP contribution in [0.15, 0.2) is 18.2 Å². The molecule has 1 aliphatic rings. The Hall–Kier alpha value is -1.26. The number of likely N-dealkylation sites (tertiary alicyclic amines) is 1. The number of rotatable bonds is 3. The molecule has 2 unspecified atom stereocenters. The Morgan fingerprint density at radius 2 is 2.26 bits per heavy atom. The van der Waals surface area contributed by atoms with Crippen LogP contribution in [0.25, 0.3) is 0 Å². The van der Waals surface area contributed by atoms with E-state index in [1.807, 2.05) is 4.90 Å². The predicted molar refractivity (Wildman–Crippen MR) is 78.2 cm³/mol. The van der Waals surface area contributed by atoms with Crippen LogP contribution < -0.4 is 11.3 Å². The maximum absolute atomic E-state index is 12.7. The molecule has 0 radical (unpaired) electrons. The second-order valence-electron chi connectivity index (χ2n) is 5.04. The smallest absolute Gasteiger partial charge is 0.256 e. The zero-order valence-electron chi connectivity index (χ0n) is 11.3. The minimum atomic E-state index is 0.00676. The van der Waals surface area contributed by atoms with E-state index in [0.29, 0.717) is 22.3 Å². The third kappa shape index (κ3) is 2.69. The molecule has 4 nitrogen and oxygen atoms in total. The first-order valence-electron chi connectivity index (χ1n) is 6.67. The fraction of sp³-hybridized carbons (Fsp3) is 0.500. The van der Waals surface area contributed by atoms with Gasteiger partial charge in [0, 0.05) is 17.1 Å². The van der Waals surface area contributed by atoms with Gasteiger partial charge in [0.2, 0.25) is 0 Å². The average Bonchev–Trinajstić information content (AvgIpc) is 2.79. The summed E-state index contributed by atoms with van der Waals surface area (Å²) in [5, 5.41) is 0.544. The molecule has 3 N–H and O–H groups in total. The Labute approximate surface area is 118 Å². The molecule has 1 aromatic rings. The normalized spacial score (nSPS) is 22.6. The van der Waals surface area contributed by atoms with Crippen molar-refractivity contribution in [2.24, 2.45) is 5.84 Å². The van der Waals surface area contributed by atoms with Gasteiger partial charge in [-0.2, -0.15) is 0 Å². The molecule has 1 aliphatic heterocycles. The van der Waals surface area contributed by atoms with Crippen molar-refractivity contribution in [2.75, 3.05) is 5.43 Å². The van der Waals surface area contributed by atoms with Gasteiger partial charge in [-0.25, -0.2) is 0 Å². The molecular formula is C14H20ClN3O. The van der Waals surface area contributed by atoms with Gasteiger partial charge in [0.05, 0.1) is 11.3 Å². The van der Waals surface area contributed by atoms with Gasteiger partial charge in [-0.3, -0.25) is 10.6 Å². The number of carbonyl (C=O) groups excluding carboxylic acids is 1. The zero-order valence-corrected chi connectivity index (χ0v) is 12.1. The third-order valence-electron chi connectivity index (χ3n) is 3.86. The van der Waals surface area contributed by atoms with Crippen LogP contribution in [0, 0.1) is 0 Å². The van der Waals surface area contributed by atoms with Gasteiger partial charge < -0.3 is 10.3 Å². The minimum Gasteiger partial charge on any atom is -0.333 e. The van der Waals surface area contributed by atoms with Crippen LogP contribution in [0.4, 0.5) is 5.69 Å². The Morgan fingerprint density at radius 3 is 2.89 bits per heavy atom. The van der Waals surface area contributed by atoms with Crippen molar-refractivity contribution in [1.29, 1.82) is 0 Å². The van der Waals surface area contributed by atoms with E-state index < -0.39 is 0 Å². The quantitative estimate of drug-likeness (QED) is 0.661. The van der Waals surface area contributed by atoms with E-state index in [4.69, 9.17) is 17.4 Å². The van der Waals surface area contributed by atoms with E-state index >= 15 is 0 Å². The lowest BCUT2D eigenvalue weighted by atomic mass is 10.1. The summed E-state index contributed by atoms with van der Waals surface area (Å²) in [6.45, 7) is 4.21. The zero-order chi connectivity index (χ0) is 14.0. The van der Waals surface area contributed by atoms with Crippen molar-refractivity contribution in [2.45, 2.75) is 45.2 Å². The molecule has 1 amide bonds. The van der Waals surface area contributed by atoms with Gasteiger partial charge in [-0.05, 0) is 44.4 Å². The molecular weight excluding hydrogens is 262 g/mol. The fourth-order valence-electron chi connectivity index (χ4n) is 2.80. The molecule has 1 saturated heterocycles. The summed E-state index contributed by atoms with van der Waals surface area (Å²) in [6.07, 6.45) is 3.09. The van der Waals surface area contributed by atoms with Crippen LogP contribution in [0.1, 0.15) is 43.5 Å². The van der Waals surface area contributed by atoms with Gasteiger partial charge in [-0.15, -0.1) is 0 Å². The summed E-state index contributed by atoms with van der Waals surface area (Å²) in [5.74, 6) is 5.48. The lowest BCUT2D eigenvalue weighted by Gasteiger charge is -2.28. The Kier molecular flexibility index (Phi) is 4.32. The number of hydrazine groups is 1. The molecule has 19 heavy (non-hydrogen) atoms. The second kappa shape index (κ2) is 5.80. The van der Waals surface area contributed by atoms with Crippen LogP contribution in [0.5, 0.6) is 0 Å². The van der Waals surface area contributed by atoms with Crippen LogP contribution in [-0.4, -0.2) is 22.9 Å². The highest BCUT2D eigenvalue weighted by Crippen LogP contribution is 2.30. The van der Waals surface area contributed by atoms with Gasteiger partial charge in [0.1, 0.15) is 0 Å². The van der Waals surface area contributed by atoms with Crippen molar-refractivity contribution < 1.29 is 4.79 Å². The van der Waals surface area contributed by atoms with Gasteiger partial charge in [0.15, 0.2) is 0 Å². The van der Waals surface area contributed by atoms with E-state index in [9.17, 15) is 4.79 Å². The molecule has 5 heteroatoms. The molecule has 104 valence electrons. The van der Waals surface area contributed by atoms with Crippen molar-refractivity contribution in [3.8, 4) is 0 Å². The highest BCUT2D eigenvalue weighted by atomic mass is 35.5. The molecule has 2 rings (SSSR count). The topological polar surface area (TPSA) is 58.4 Å². The third-order valence-corrected chi connectivity index (χ3v) is 4.09. The van der Waals surface area contributed by atoms with E-state index in [1.54, 1.807) is 18.2 Å². The lowest BCUT2D eigenvalue weighted by Crippen LogP contribution is -2.40. The molecule has 0 aromatic heterocycles. The number of nitrogens with two attached hydrogens (primary N) is 1. The van der Waals surface area contributed by atoms with E-state index in [2.05, 4.69) is 19.3 Å². The number of nitrogens with zero attached hydrogens (tertiary/aromatic N) is 1. The van der Waals surface area contributed by atoms with Crippen LogP contribution in [0.3, 0.4) is 0 Å². The predicted octanol–water partition coefficient (Wildman–Crippen LogP) is 3.03. The summed E-state index contributed by atoms with van der Waals surface area (Å²) >= 11 is 5.99. The first-order valence-corrected chi connectivity index (χ1v) is 7.05. The molecule has 1 fully saturated rings. The number of nitrogen functional groups attached to an aromatic ring is 1. The van der Waals surface area contributed by atoms with Crippen molar-refractivity contribution in [3.63, 3.8) is 0 Å². The van der Waals surface area contributed by atoms with Gasteiger partial charge in [-0.1, -0.05) is 18.5 Å². The molecule has 0 saturated carbocycles. The van der Waals surface area contributed by atoms with Crippen LogP contribution >= 0.6 is 11.6 Å². The second-order valence-corrected chi connectivity index (χ2v) is 5.47. The first-order chi connectivity index (χ1) is 9.08. The summed E-state index contributed by atoms with van der Waals surface area (Å²) < 4.78 is 0. The van der Waals surface area contributed by atoms with Gasteiger partial charge in [0.25, 0.3) is 5.91 Å². The summed E-state index contributed by atoms with van der Waals surface area (Å²) in [4.78, 5) is 14.7. The summed E-state index contributed by atoms with van der Waals surface area (Å²) in [7, 11) is 0. The highest BCUT2D eigenvalue weighted by Gasteiger charge is 2.34. The van der Waals surface area contributed by atoms with Crippen molar-refractivity contribution >= 4 is 23.2 Å². The molecule has 1 heterocycles. The number of hydrogen-bond acceptors (Lipinski definition) is 3. The number of nitrogens with one attached hydrogen (secondary N) is 1. The number of carbonyl (C=O) groups is 1. The maximum Gasteiger partial charge on any atom is 0.256 e. The lowest BCUT2D eigenvalue weighted by molar-refractivity contribution is 0.0677. The largest absolute Gasteiger partial charge is 0.333 e. The highest BCUT2D eigenvalue weighted by molar-refractivity contribution is 6.31. The SMILES string of the molecule is CCC1CCC(C)N1C(=O)c1cc(Cl)ccc1NN. The number of amides is 1. The molecule has 0 spiro atoms. The van der Waals surface area contributed by atoms with Gasteiger partial charge >= 0.3 is 0 Å². The van der Waals surface area contributed by atoms with Crippen molar-refractivity contribution in [3.05, 3.63) is 28.8 Å². The maximum atomic E-state index is 12.7. The molecule has 0 aliphatic carbocycles. The Bertz CT molecular complexity index is 478. The van der Waals surface area contributed by atoms with Crippen LogP contribution in [-0.2, 0) is 0 Å². The summed E-state index contributed by atoms with van der Waals surface area (Å²) in [6, 6.07) is 5.71. The molecule has 1 aromatic carbocycles. The number of hydrogen-bond donors (Lipinski definition) is 2. The monoisotopic (exact) mass is 281 g/mol. The minimum absolute atomic E-state index is 0.00676. The van der Waals surface area contributed by atoms with Crippen LogP contribution in [0.2, 0.25) is 5.02 Å². The Morgan fingerprint density at radius 1 is 1.53 bits per heavy atom. The number of benzene rings is 1. The fourth-order valence-corrected chi connectivity index (χ4v) is 2.97. The van der Waals surface area contributed by atoms with E-state index in [-0.39, 0.29) is 11.9 Å².